The average molecular weight is 493 g/mol. The van der Waals surface area contributed by atoms with Gasteiger partial charge in [0.05, 0.1) is 20.3 Å². The molecule has 0 aliphatic heterocycles. The molecule has 0 saturated carbocycles. The standard InChI is InChI=1S/C30H40N2O4/c1-21(31-29(33)36-30(4,5)6)19-25-9-8-10-28(32-22(2)11-12-23(32)3)27(25)17-18-35-20-24-13-15-26(34-7)16-14-24/h8-16,21H,17-20H2,1-7H3,(H,31,33)/t21-/m1/s1. The Morgan fingerprint density at radius 2 is 1.67 bits per heavy atom. The van der Waals surface area contributed by atoms with E-state index in [0.717, 1.165) is 23.4 Å². The summed E-state index contributed by atoms with van der Waals surface area (Å²) in [4.78, 5) is 12.3. The van der Waals surface area contributed by atoms with Gasteiger partial charge in [0.25, 0.3) is 0 Å². The number of nitrogens with zero attached hydrogens (tertiary/aromatic N) is 1. The Morgan fingerprint density at radius 1 is 1.00 bits per heavy atom. The summed E-state index contributed by atoms with van der Waals surface area (Å²) in [6.07, 6.45) is 1.06. The average Bonchev–Trinajstić information content (AvgIpc) is 3.14. The second-order valence-electron chi connectivity index (χ2n) is 10.3. The van der Waals surface area contributed by atoms with Crippen molar-refractivity contribution >= 4 is 6.09 Å². The van der Waals surface area contributed by atoms with Crippen LogP contribution in [-0.2, 0) is 28.9 Å². The molecule has 0 unspecified atom stereocenters. The van der Waals surface area contributed by atoms with Crippen LogP contribution in [0.3, 0.4) is 0 Å². The normalized spacial score (nSPS) is 12.3. The molecule has 1 aromatic heterocycles. The Bertz CT molecular complexity index is 1120. The van der Waals surface area contributed by atoms with Crippen LogP contribution in [0.4, 0.5) is 4.79 Å². The van der Waals surface area contributed by atoms with Gasteiger partial charge in [-0.3, -0.25) is 0 Å². The fraction of sp³-hybridized carbons (Fsp3) is 0.433. The molecule has 2 aromatic carbocycles. The van der Waals surface area contributed by atoms with Gasteiger partial charge in [-0.2, -0.15) is 0 Å². The summed E-state index contributed by atoms with van der Waals surface area (Å²) >= 11 is 0. The van der Waals surface area contributed by atoms with Crippen LogP contribution in [0.5, 0.6) is 5.75 Å². The van der Waals surface area contributed by atoms with Gasteiger partial charge in [-0.15, -0.1) is 0 Å². The lowest BCUT2D eigenvalue weighted by molar-refractivity contribution is 0.0508. The number of nitrogens with one attached hydrogen (secondary N) is 1. The third-order valence-electron chi connectivity index (χ3n) is 5.97. The molecule has 0 spiro atoms. The highest BCUT2D eigenvalue weighted by atomic mass is 16.6. The first-order valence-electron chi connectivity index (χ1n) is 12.5. The highest BCUT2D eigenvalue weighted by Crippen LogP contribution is 2.25. The SMILES string of the molecule is COc1ccc(COCCc2c(C[C@@H](C)NC(=O)OC(C)(C)C)cccc2-n2c(C)ccc2C)cc1. The third kappa shape index (κ3) is 7.62. The highest BCUT2D eigenvalue weighted by Gasteiger charge is 2.19. The van der Waals surface area contributed by atoms with Gasteiger partial charge < -0.3 is 24.1 Å². The quantitative estimate of drug-likeness (QED) is 0.337. The van der Waals surface area contributed by atoms with Crippen LogP contribution in [0, 0.1) is 13.8 Å². The molecule has 0 aliphatic rings. The molecule has 3 rings (SSSR count). The minimum atomic E-state index is -0.528. The fourth-order valence-electron chi connectivity index (χ4n) is 4.33. The van der Waals surface area contributed by atoms with Crippen LogP contribution in [0.25, 0.3) is 5.69 Å². The fourth-order valence-corrected chi connectivity index (χ4v) is 4.33. The number of rotatable bonds is 10. The summed E-state index contributed by atoms with van der Waals surface area (Å²) in [5.41, 5.74) is 6.53. The molecule has 0 radical (unpaired) electrons. The van der Waals surface area contributed by atoms with Crippen molar-refractivity contribution in [2.75, 3.05) is 13.7 Å². The lowest BCUT2D eigenvalue weighted by Crippen LogP contribution is -2.38. The first kappa shape index (κ1) is 27.3. The van der Waals surface area contributed by atoms with Crippen molar-refractivity contribution in [3.63, 3.8) is 0 Å². The number of benzene rings is 2. The minimum Gasteiger partial charge on any atom is -0.497 e. The number of hydrogen-bond acceptors (Lipinski definition) is 4. The lowest BCUT2D eigenvalue weighted by Gasteiger charge is -2.23. The molecule has 1 amide bonds. The summed E-state index contributed by atoms with van der Waals surface area (Å²) in [6, 6.07) is 18.5. The summed E-state index contributed by atoms with van der Waals surface area (Å²) in [5, 5.41) is 2.98. The van der Waals surface area contributed by atoms with Gasteiger partial charge >= 0.3 is 6.09 Å². The molecule has 6 heteroatoms. The lowest BCUT2D eigenvalue weighted by atomic mass is 9.96. The Hall–Kier alpha value is -3.25. The maximum absolute atomic E-state index is 12.3. The molecule has 1 heterocycles. The van der Waals surface area contributed by atoms with E-state index in [4.69, 9.17) is 14.2 Å². The molecule has 1 N–H and O–H groups in total. The molecule has 0 saturated heterocycles. The van der Waals surface area contributed by atoms with Crippen molar-refractivity contribution in [3.8, 4) is 11.4 Å². The summed E-state index contributed by atoms with van der Waals surface area (Å²) in [7, 11) is 1.67. The minimum absolute atomic E-state index is 0.0825. The number of carbonyl (C=O) groups is 1. The number of alkyl carbamates (subject to hydrolysis) is 1. The van der Waals surface area contributed by atoms with E-state index in [-0.39, 0.29) is 6.04 Å². The molecule has 1 atom stereocenters. The van der Waals surface area contributed by atoms with Gasteiger partial charge in [0.1, 0.15) is 11.4 Å². The Labute approximate surface area is 215 Å². The predicted octanol–water partition coefficient (Wildman–Crippen LogP) is 6.32. The monoisotopic (exact) mass is 492 g/mol. The van der Waals surface area contributed by atoms with E-state index in [2.05, 4.69) is 54.1 Å². The largest absolute Gasteiger partial charge is 0.497 e. The first-order valence-corrected chi connectivity index (χ1v) is 12.5. The van der Waals surface area contributed by atoms with Crippen LogP contribution >= 0.6 is 0 Å². The maximum atomic E-state index is 12.3. The van der Waals surface area contributed by atoms with Crippen molar-refractivity contribution in [1.29, 1.82) is 0 Å². The van der Waals surface area contributed by atoms with Gasteiger partial charge in [0.2, 0.25) is 0 Å². The number of amides is 1. The number of hydrogen-bond donors (Lipinski definition) is 1. The van der Waals surface area contributed by atoms with Gasteiger partial charge in [0, 0.05) is 23.1 Å². The molecule has 36 heavy (non-hydrogen) atoms. The molecule has 0 bridgehead atoms. The summed E-state index contributed by atoms with van der Waals surface area (Å²) in [6.45, 7) is 13.0. The third-order valence-corrected chi connectivity index (χ3v) is 5.97. The van der Waals surface area contributed by atoms with Crippen LogP contribution in [-0.4, -0.2) is 36.0 Å². The van der Waals surface area contributed by atoms with Crippen molar-refractivity contribution < 1.29 is 19.0 Å². The van der Waals surface area contributed by atoms with Gasteiger partial charge in [-0.1, -0.05) is 24.3 Å². The number of aromatic nitrogens is 1. The van der Waals surface area contributed by atoms with Gasteiger partial charge in [-0.25, -0.2) is 4.79 Å². The second-order valence-corrected chi connectivity index (χ2v) is 10.3. The zero-order valence-corrected chi connectivity index (χ0v) is 22.7. The van der Waals surface area contributed by atoms with Crippen molar-refractivity contribution in [2.45, 2.75) is 72.6 Å². The van der Waals surface area contributed by atoms with E-state index in [1.54, 1.807) is 7.11 Å². The second kappa shape index (κ2) is 12.1. The van der Waals surface area contributed by atoms with Crippen molar-refractivity contribution in [2.24, 2.45) is 0 Å². The van der Waals surface area contributed by atoms with Crippen LogP contribution in [0.2, 0.25) is 0 Å². The summed E-state index contributed by atoms with van der Waals surface area (Å²) in [5.74, 6) is 0.837. The maximum Gasteiger partial charge on any atom is 0.407 e. The zero-order valence-electron chi connectivity index (χ0n) is 22.7. The van der Waals surface area contributed by atoms with Gasteiger partial charge in [-0.05, 0) is 101 Å². The number of aryl methyl sites for hydroxylation is 2. The van der Waals surface area contributed by atoms with Crippen molar-refractivity contribution in [3.05, 3.63) is 82.7 Å². The van der Waals surface area contributed by atoms with Crippen molar-refractivity contribution in [1.82, 2.24) is 9.88 Å². The highest BCUT2D eigenvalue weighted by molar-refractivity contribution is 5.68. The molecule has 194 valence electrons. The first-order chi connectivity index (χ1) is 17.1. The Kier molecular flexibility index (Phi) is 9.21. The van der Waals surface area contributed by atoms with E-state index in [9.17, 15) is 4.79 Å². The Balaban J connectivity index is 1.77. The van der Waals surface area contributed by atoms with Crippen LogP contribution in [0.15, 0.2) is 54.6 Å². The molecule has 3 aromatic rings. The molecule has 6 nitrogen and oxygen atoms in total. The van der Waals surface area contributed by atoms with Crippen LogP contribution < -0.4 is 10.1 Å². The molecular formula is C30H40N2O4. The van der Waals surface area contributed by atoms with E-state index >= 15 is 0 Å². The van der Waals surface area contributed by atoms with E-state index < -0.39 is 11.7 Å². The zero-order chi connectivity index (χ0) is 26.3. The number of ether oxygens (including phenoxy) is 3. The van der Waals surface area contributed by atoms with Gasteiger partial charge in [0.15, 0.2) is 0 Å². The molecule has 0 fully saturated rings. The van der Waals surface area contributed by atoms with E-state index in [0.29, 0.717) is 19.6 Å². The smallest absolute Gasteiger partial charge is 0.407 e. The Morgan fingerprint density at radius 3 is 2.28 bits per heavy atom. The number of methoxy groups -OCH3 is 1. The van der Waals surface area contributed by atoms with E-state index in [1.165, 1.54) is 22.5 Å². The number of carbonyl (C=O) groups excluding carboxylic acids is 1. The molecular weight excluding hydrogens is 452 g/mol. The summed E-state index contributed by atoms with van der Waals surface area (Å²) < 4.78 is 19.0. The van der Waals surface area contributed by atoms with E-state index in [1.807, 2.05) is 52.0 Å². The predicted molar refractivity (Wildman–Crippen MR) is 144 cm³/mol. The van der Waals surface area contributed by atoms with Crippen LogP contribution in [0.1, 0.15) is 55.8 Å². The topological polar surface area (TPSA) is 61.7 Å². The molecule has 0 aliphatic carbocycles.